The highest BCUT2D eigenvalue weighted by atomic mass is 32.1. The Morgan fingerprint density at radius 3 is 2.05 bits per heavy atom. The van der Waals surface area contributed by atoms with E-state index in [1.54, 1.807) is 20.8 Å². The molecule has 1 heterocycles. The molecule has 242 valence electrons. The minimum atomic E-state index is -0.665. The summed E-state index contributed by atoms with van der Waals surface area (Å²) >= 11 is 0.708. The zero-order chi connectivity index (χ0) is 32.7. The van der Waals surface area contributed by atoms with Crippen LogP contribution in [-0.4, -0.2) is 92.1 Å². The van der Waals surface area contributed by atoms with Crippen LogP contribution in [0, 0.1) is 17.0 Å². The molecule has 1 aromatic heterocycles. The maximum absolute atomic E-state index is 12.8. The predicted octanol–water partition coefficient (Wildman–Crippen LogP) is 2.87. The van der Waals surface area contributed by atoms with Crippen LogP contribution in [0.15, 0.2) is 18.2 Å². The van der Waals surface area contributed by atoms with Crippen molar-refractivity contribution in [3.8, 4) is 0 Å². The lowest BCUT2D eigenvalue weighted by molar-refractivity contribution is -0.380. The van der Waals surface area contributed by atoms with Gasteiger partial charge in [0.1, 0.15) is 11.3 Å². The lowest BCUT2D eigenvalue weighted by atomic mass is 10.1. The van der Waals surface area contributed by atoms with E-state index in [9.17, 15) is 29.3 Å². The van der Waals surface area contributed by atoms with E-state index in [-0.39, 0.29) is 45.8 Å². The summed E-state index contributed by atoms with van der Waals surface area (Å²) in [5.74, 6) is -1.58. The van der Waals surface area contributed by atoms with Gasteiger partial charge in [-0.25, -0.2) is 9.78 Å². The molecule has 4 N–H and O–H groups in total. The number of aryl methyl sites for hydroxylation is 1. The monoisotopic (exact) mass is 638 g/mol. The van der Waals surface area contributed by atoms with Crippen molar-refractivity contribution < 1.29 is 43.0 Å². The van der Waals surface area contributed by atoms with E-state index in [1.165, 1.54) is 32.0 Å². The number of alkyl carbamates (subject to hydrolysis) is 1. The molecule has 4 amide bonds. The van der Waals surface area contributed by atoms with Crippen LogP contribution < -0.4 is 21.3 Å². The van der Waals surface area contributed by atoms with Crippen LogP contribution in [0.1, 0.15) is 54.1 Å². The molecule has 0 saturated heterocycles. The first kappa shape index (κ1) is 36.0. The molecule has 44 heavy (non-hydrogen) atoms. The molecular weight excluding hydrogens is 600 g/mol. The average molecular weight is 639 g/mol. The van der Waals surface area contributed by atoms with E-state index in [2.05, 4.69) is 26.3 Å². The SMILES string of the molecule is CC(=O)Nc1cc(C(=O)NCCOCCOCCOCCNC(=O)OC(C)(C)C)ccc1C(=O)Nc1nc(C)c([N+](=O)[O-])s1. The number of carbonyl (C=O) groups is 4. The highest BCUT2D eigenvalue weighted by Gasteiger charge is 2.21. The Morgan fingerprint density at radius 2 is 1.50 bits per heavy atom. The fraction of sp³-hybridized carbons (Fsp3) is 0.519. The summed E-state index contributed by atoms with van der Waals surface area (Å²) < 4.78 is 21.3. The summed E-state index contributed by atoms with van der Waals surface area (Å²) in [7, 11) is 0. The number of anilines is 2. The van der Waals surface area contributed by atoms with Crippen molar-refractivity contribution in [3.63, 3.8) is 0 Å². The smallest absolute Gasteiger partial charge is 0.407 e. The maximum Gasteiger partial charge on any atom is 0.407 e. The van der Waals surface area contributed by atoms with Crippen molar-refractivity contribution in [2.45, 2.75) is 40.2 Å². The molecule has 2 rings (SSSR count). The van der Waals surface area contributed by atoms with Crippen LogP contribution in [0.2, 0.25) is 0 Å². The van der Waals surface area contributed by atoms with E-state index >= 15 is 0 Å². The normalized spacial score (nSPS) is 11.0. The van der Waals surface area contributed by atoms with Crippen molar-refractivity contribution in [3.05, 3.63) is 45.1 Å². The number of ether oxygens (including phenoxy) is 4. The van der Waals surface area contributed by atoms with Gasteiger partial charge in [0.2, 0.25) is 5.91 Å². The maximum atomic E-state index is 12.8. The minimum absolute atomic E-state index is 0.0261. The Morgan fingerprint density at radius 1 is 0.909 bits per heavy atom. The zero-order valence-corrected chi connectivity index (χ0v) is 26.1. The summed E-state index contributed by atoms with van der Waals surface area (Å²) in [5, 5.41) is 21.2. The Kier molecular flexibility index (Phi) is 14.6. The van der Waals surface area contributed by atoms with Gasteiger partial charge in [0.15, 0.2) is 5.13 Å². The summed E-state index contributed by atoms with van der Waals surface area (Å²) in [5.41, 5.74) is -0.0797. The largest absolute Gasteiger partial charge is 0.444 e. The number of rotatable bonds is 17. The topological polar surface area (TPSA) is 209 Å². The van der Waals surface area contributed by atoms with Gasteiger partial charge in [0, 0.05) is 25.6 Å². The van der Waals surface area contributed by atoms with Crippen LogP contribution in [-0.2, 0) is 23.7 Å². The second-order valence-corrected chi connectivity index (χ2v) is 11.1. The molecule has 0 aliphatic rings. The van der Waals surface area contributed by atoms with Crippen LogP contribution >= 0.6 is 11.3 Å². The Labute approximate surface area is 258 Å². The molecular formula is C27H38N6O10S. The molecule has 0 bridgehead atoms. The fourth-order valence-corrected chi connectivity index (χ4v) is 4.15. The van der Waals surface area contributed by atoms with Crippen molar-refractivity contribution in [1.29, 1.82) is 0 Å². The average Bonchev–Trinajstić information content (AvgIpc) is 3.29. The van der Waals surface area contributed by atoms with Crippen LogP contribution in [0.5, 0.6) is 0 Å². The summed E-state index contributed by atoms with van der Waals surface area (Å²) in [6, 6.07) is 4.13. The van der Waals surface area contributed by atoms with E-state index < -0.39 is 34.3 Å². The number of amides is 4. The number of benzene rings is 1. The molecule has 0 radical (unpaired) electrons. The van der Waals surface area contributed by atoms with E-state index in [0.29, 0.717) is 50.9 Å². The van der Waals surface area contributed by atoms with Crippen LogP contribution in [0.25, 0.3) is 0 Å². The Bertz CT molecular complexity index is 1310. The van der Waals surface area contributed by atoms with Crippen molar-refractivity contribution in [2.24, 2.45) is 0 Å². The highest BCUT2D eigenvalue weighted by molar-refractivity contribution is 7.19. The van der Waals surface area contributed by atoms with E-state index in [4.69, 9.17) is 18.9 Å². The molecule has 0 saturated carbocycles. The number of hydrogen-bond acceptors (Lipinski definition) is 12. The molecule has 17 heteroatoms. The van der Waals surface area contributed by atoms with Gasteiger partial charge in [0.25, 0.3) is 11.8 Å². The third-order valence-corrected chi connectivity index (χ3v) is 6.21. The van der Waals surface area contributed by atoms with Crippen molar-refractivity contribution >= 4 is 51.0 Å². The second-order valence-electron chi connectivity index (χ2n) is 10.1. The van der Waals surface area contributed by atoms with Crippen LogP contribution in [0.3, 0.4) is 0 Å². The summed E-state index contributed by atoms with van der Waals surface area (Å²) in [6.07, 6.45) is -0.501. The van der Waals surface area contributed by atoms with Crippen LogP contribution in [0.4, 0.5) is 20.6 Å². The van der Waals surface area contributed by atoms with Crippen molar-refractivity contribution in [2.75, 3.05) is 63.4 Å². The molecule has 0 atom stereocenters. The molecule has 0 aliphatic carbocycles. The summed E-state index contributed by atoms with van der Waals surface area (Å²) in [4.78, 5) is 63.1. The number of carbonyl (C=O) groups excluding carboxylic acids is 4. The molecule has 0 fully saturated rings. The van der Waals surface area contributed by atoms with Gasteiger partial charge in [-0.2, -0.15) is 0 Å². The van der Waals surface area contributed by atoms with Gasteiger partial charge in [-0.05, 0) is 57.2 Å². The number of hydrogen-bond donors (Lipinski definition) is 4. The zero-order valence-electron chi connectivity index (χ0n) is 25.3. The number of nitro groups is 1. The lowest BCUT2D eigenvalue weighted by Gasteiger charge is -2.19. The van der Waals surface area contributed by atoms with Gasteiger partial charge < -0.3 is 34.9 Å². The van der Waals surface area contributed by atoms with Gasteiger partial charge >= 0.3 is 11.1 Å². The number of thiazole rings is 1. The van der Waals surface area contributed by atoms with Gasteiger partial charge in [-0.3, -0.25) is 29.8 Å². The lowest BCUT2D eigenvalue weighted by Crippen LogP contribution is -2.34. The predicted molar refractivity (Wildman–Crippen MR) is 161 cm³/mol. The van der Waals surface area contributed by atoms with E-state index in [0.717, 1.165) is 0 Å². The molecule has 0 unspecified atom stereocenters. The number of nitrogens with one attached hydrogen (secondary N) is 4. The molecule has 0 aliphatic heterocycles. The van der Waals surface area contributed by atoms with Crippen molar-refractivity contribution in [1.82, 2.24) is 15.6 Å². The summed E-state index contributed by atoms with van der Waals surface area (Å²) in [6.45, 7) is 10.4. The molecule has 16 nitrogen and oxygen atoms in total. The number of nitrogens with zero attached hydrogens (tertiary/aromatic N) is 2. The first-order valence-electron chi connectivity index (χ1n) is 13.6. The second kappa shape index (κ2) is 17.8. The quantitative estimate of drug-likeness (QED) is 0.112. The third-order valence-electron chi connectivity index (χ3n) is 5.19. The van der Waals surface area contributed by atoms with Gasteiger partial charge in [-0.1, -0.05) is 0 Å². The molecule has 1 aromatic carbocycles. The van der Waals surface area contributed by atoms with Gasteiger partial charge in [-0.15, -0.1) is 0 Å². The third kappa shape index (κ3) is 13.4. The standard InChI is InChI=1S/C27H38N6O10S/c1-17-24(33(38)39)44-25(30-17)32-23(36)20-7-6-19(16-21(20)31-18(2)34)22(35)28-8-10-40-12-14-42-15-13-41-11-9-29-26(37)43-27(3,4)5/h6-7,16H,8-15H2,1-5H3,(H,28,35)(H,29,37)(H,31,34)(H,30,32,36). The fourth-order valence-electron chi connectivity index (χ4n) is 3.37. The molecule has 2 aromatic rings. The Hall–Kier alpha value is -4.19. The highest BCUT2D eigenvalue weighted by Crippen LogP contribution is 2.30. The molecule has 0 spiro atoms. The van der Waals surface area contributed by atoms with Gasteiger partial charge in [0.05, 0.1) is 55.8 Å². The number of aromatic nitrogens is 1. The minimum Gasteiger partial charge on any atom is -0.444 e. The van der Waals surface area contributed by atoms with E-state index in [1.807, 2.05) is 0 Å². The first-order valence-corrected chi connectivity index (χ1v) is 14.4. The first-order chi connectivity index (χ1) is 20.8. The Balaban J connectivity index is 1.68.